The van der Waals surface area contributed by atoms with E-state index < -0.39 is 0 Å². The second-order valence-electron chi connectivity index (χ2n) is 1.77. The van der Waals surface area contributed by atoms with Gasteiger partial charge in [0.25, 0.3) is 0 Å². The minimum atomic E-state index is 0.825. The van der Waals surface area contributed by atoms with Gasteiger partial charge in [-0.25, -0.2) is 4.98 Å². The number of rotatable bonds is 2. The van der Waals surface area contributed by atoms with Gasteiger partial charge in [0, 0.05) is 6.54 Å². The van der Waals surface area contributed by atoms with Crippen molar-refractivity contribution in [3.05, 3.63) is 10.8 Å². The largest absolute Gasteiger partial charge is 0.314 e. The first-order chi connectivity index (χ1) is 4.33. The Balaban J connectivity index is 2.61. The summed E-state index contributed by atoms with van der Waals surface area (Å²) in [6.45, 7) is 2.72. The summed E-state index contributed by atoms with van der Waals surface area (Å²) in [6.07, 6.45) is 0. The van der Waals surface area contributed by atoms with Crippen molar-refractivity contribution in [1.29, 1.82) is 0 Å². The number of hydrogen-bond acceptors (Lipinski definition) is 4. The maximum Gasteiger partial charge on any atom is 0.139 e. The molecular formula is C5H9N3S. The first kappa shape index (κ1) is 6.64. The molecule has 0 bridgehead atoms. The highest BCUT2D eigenvalue weighted by atomic mass is 32.1. The summed E-state index contributed by atoms with van der Waals surface area (Å²) < 4.78 is 4.03. The molecule has 0 saturated carbocycles. The number of hydrogen-bond donors (Lipinski definition) is 1. The Labute approximate surface area is 58.3 Å². The van der Waals surface area contributed by atoms with Gasteiger partial charge >= 0.3 is 0 Å². The van der Waals surface area contributed by atoms with Crippen LogP contribution in [0.25, 0.3) is 0 Å². The van der Waals surface area contributed by atoms with Gasteiger partial charge in [0.05, 0.1) is 0 Å². The van der Waals surface area contributed by atoms with Crippen LogP contribution in [-0.4, -0.2) is 16.4 Å². The van der Waals surface area contributed by atoms with Crippen molar-refractivity contribution < 1.29 is 0 Å². The molecule has 0 fully saturated rings. The highest BCUT2D eigenvalue weighted by Gasteiger charge is 1.95. The van der Waals surface area contributed by atoms with Crippen molar-refractivity contribution in [2.75, 3.05) is 7.05 Å². The number of nitrogens with zero attached hydrogens (tertiary/aromatic N) is 2. The molecule has 50 valence electrons. The molecule has 1 rings (SSSR count). The van der Waals surface area contributed by atoms with E-state index in [0.717, 1.165) is 17.4 Å². The first-order valence-electron chi connectivity index (χ1n) is 2.76. The van der Waals surface area contributed by atoms with Crippen LogP contribution in [0.4, 0.5) is 0 Å². The van der Waals surface area contributed by atoms with E-state index in [0.29, 0.717) is 0 Å². The molecule has 1 heterocycles. The predicted molar refractivity (Wildman–Crippen MR) is 37.4 cm³/mol. The Morgan fingerprint density at radius 1 is 1.67 bits per heavy atom. The van der Waals surface area contributed by atoms with E-state index in [-0.39, 0.29) is 0 Å². The zero-order chi connectivity index (χ0) is 6.69. The molecule has 0 aliphatic heterocycles. The van der Waals surface area contributed by atoms with Crippen LogP contribution in [0.5, 0.6) is 0 Å². The van der Waals surface area contributed by atoms with Crippen LogP contribution in [0.1, 0.15) is 10.8 Å². The molecule has 0 unspecified atom stereocenters. The molecule has 9 heavy (non-hydrogen) atoms. The summed E-state index contributed by atoms with van der Waals surface area (Å²) in [5.74, 6) is 0.866. The fourth-order valence-corrected chi connectivity index (χ4v) is 1.22. The fourth-order valence-electron chi connectivity index (χ4n) is 0.563. The first-order valence-corrected chi connectivity index (χ1v) is 3.54. The summed E-state index contributed by atoms with van der Waals surface area (Å²) >= 11 is 1.45. The molecular weight excluding hydrogens is 134 g/mol. The predicted octanol–water partition coefficient (Wildman–Crippen LogP) is 0.566. The van der Waals surface area contributed by atoms with Crippen LogP contribution in [-0.2, 0) is 6.54 Å². The van der Waals surface area contributed by atoms with Crippen LogP contribution in [0, 0.1) is 6.92 Å². The van der Waals surface area contributed by atoms with Gasteiger partial charge < -0.3 is 5.32 Å². The van der Waals surface area contributed by atoms with Crippen molar-refractivity contribution in [3.63, 3.8) is 0 Å². The van der Waals surface area contributed by atoms with Gasteiger partial charge in [-0.1, -0.05) is 0 Å². The van der Waals surface area contributed by atoms with E-state index in [1.807, 2.05) is 14.0 Å². The standard InChI is InChI=1S/C5H9N3S/c1-4-7-5(3-6-2)9-8-4/h6H,3H2,1-2H3. The van der Waals surface area contributed by atoms with Crippen LogP contribution in [0.2, 0.25) is 0 Å². The highest BCUT2D eigenvalue weighted by Crippen LogP contribution is 2.01. The second-order valence-corrected chi connectivity index (χ2v) is 2.60. The van der Waals surface area contributed by atoms with Crippen LogP contribution in [0.15, 0.2) is 0 Å². The summed E-state index contributed by atoms with van der Waals surface area (Å²) in [5.41, 5.74) is 0. The monoisotopic (exact) mass is 143 g/mol. The molecule has 0 aromatic carbocycles. The van der Waals surface area contributed by atoms with Gasteiger partial charge in [-0.15, -0.1) is 0 Å². The Bertz CT molecular complexity index is 184. The molecule has 0 spiro atoms. The molecule has 0 radical (unpaired) electrons. The van der Waals surface area contributed by atoms with E-state index in [2.05, 4.69) is 14.7 Å². The summed E-state index contributed by atoms with van der Waals surface area (Å²) in [7, 11) is 1.90. The quantitative estimate of drug-likeness (QED) is 0.657. The van der Waals surface area contributed by atoms with E-state index >= 15 is 0 Å². The van der Waals surface area contributed by atoms with Gasteiger partial charge in [0.2, 0.25) is 0 Å². The zero-order valence-electron chi connectivity index (χ0n) is 5.51. The van der Waals surface area contributed by atoms with Gasteiger partial charge in [0.15, 0.2) is 0 Å². The van der Waals surface area contributed by atoms with Crippen molar-refractivity contribution in [2.45, 2.75) is 13.5 Å². The molecule has 4 heteroatoms. The molecule has 0 atom stereocenters. The molecule has 0 aliphatic carbocycles. The average molecular weight is 143 g/mol. The van der Waals surface area contributed by atoms with E-state index in [1.165, 1.54) is 11.5 Å². The van der Waals surface area contributed by atoms with Crippen LogP contribution < -0.4 is 5.32 Å². The number of aryl methyl sites for hydroxylation is 1. The van der Waals surface area contributed by atoms with Crippen molar-refractivity contribution in [3.8, 4) is 0 Å². The minimum Gasteiger partial charge on any atom is -0.314 e. The number of aromatic nitrogens is 2. The summed E-state index contributed by atoms with van der Waals surface area (Å²) in [6, 6.07) is 0. The maximum atomic E-state index is 4.15. The summed E-state index contributed by atoms with van der Waals surface area (Å²) in [4.78, 5) is 4.15. The molecule has 1 N–H and O–H groups in total. The van der Waals surface area contributed by atoms with E-state index in [4.69, 9.17) is 0 Å². The molecule has 3 nitrogen and oxygen atoms in total. The minimum absolute atomic E-state index is 0.825. The smallest absolute Gasteiger partial charge is 0.139 e. The molecule has 0 aliphatic rings. The molecule has 0 amide bonds. The molecule has 1 aromatic heterocycles. The van der Waals surface area contributed by atoms with Crippen molar-refractivity contribution >= 4 is 11.5 Å². The van der Waals surface area contributed by atoms with Gasteiger partial charge in [-0.05, 0) is 25.5 Å². The van der Waals surface area contributed by atoms with Gasteiger partial charge in [0.1, 0.15) is 10.8 Å². The lowest BCUT2D eigenvalue weighted by atomic mass is 10.6. The lowest BCUT2D eigenvalue weighted by Crippen LogP contribution is -2.04. The van der Waals surface area contributed by atoms with Gasteiger partial charge in [-0.2, -0.15) is 4.37 Å². The van der Waals surface area contributed by atoms with Gasteiger partial charge in [-0.3, -0.25) is 0 Å². The topological polar surface area (TPSA) is 37.8 Å². The molecule has 1 aromatic rings. The van der Waals surface area contributed by atoms with Crippen molar-refractivity contribution in [2.24, 2.45) is 0 Å². The SMILES string of the molecule is CNCc1nc(C)ns1. The highest BCUT2D eigenvalue weighted by molar-refractivity contribution is 7.05. The van der Waals surface area contributed by atoms with Crippen LogP contribution in [0.3, 0.4) is 0 Å². The Hall–Kier alpha value is -0.480. The second kappa shape index (κ2) is 2.89. The van der Waals surface area contributed by atoms with E-state index in [1.54, 1.807) is 0 Å². The van der Waals surface area contributed by atoms with Crippen molar-refractivity contribution in [1.82, 2.24) is 14.7 Å². The lowest BCUT2D eigenvalue weighted by Gasteiger charge is -1.87. The third-order valence-electron chi connectivity index (χ3n) is 0.898. The fraction of sp³-hybridized carbons (Fsp3) is 0.600. The normalized spacial score (nSPS) is 10.0. The molecule has 0 saturated heterocycles. The Kier molecular flexibility index (Phi) is 2.13. The maximum absolute atomic E-state index is 4.15. The average Bonchev–Trinajstić information content (AvgIpc) is 2.17. The third-order valence-corrected chi connectivity index (χ3v) is 1.70. The van der Waals surface area contributed by atoms with E-state index in [9.17, 15) is 0 Å². The van der Waals surface area contributed by atoms with Crippen LogP contribution >= 0.6 is 11.5 Å². The number of nitrogens with one attached hydrogen (secondary N) is 1. The zero-order valence-corrected chi connectivity index (χ0v) is 6.33. The third kappa shape index (κ3) is 1.73. The lowest BCUT2D eigenvalue weighted by molar-refractivity contribution is 0.806. The summed E-state index contributed by atoms with van der Waals surface area (Å²) in [5, 5.41) is 4.06. The Morgan fingerprint density at radius 2 is 2.44 bits per heavy atom. The Morgan fingerprint density at radius 3 is 2.89 bits per heavy atom.